The first-order chi connectivity index (χ1) is 8.91. The van der Waals surface area contributed by atoms with Gasteiger partial charge >= 0.3 is 0 Å². The number of benzene rings is 1. The van der Waals surface area contributed by atoms with Gasteiger partial charge in [-0.15, -0.1) is 0 Å². The third-order valence-electron chi connectivity index (χ3n) is 3.61. The van der Waals surface area contributed by atoms with E-state index in [1.807, 2.05) is 19.1 Å². The third-order valence-corrected chi connectivity index (χ3v) is 5.49. The molecule has 1 aromatic carbocycles. The number of aryl methyl sites for hydroxylation is 1. The highest BCUT2D eigenvalue weighted by Gasteiger charge is 2.26. The summed E-state index contributed by atoms with van der Waals surface area (Å²) in [7, 11) is -3.34. The SMILES string of the molecule is Cc1ccc(S(=O)(=O)N2CC=C(C(C)C)CC2)cc1. The summed E-state index contributed by atoms with van der Waals surface area (Å²) in [5.74, 6) is 0.504. The zero-order valence-electron chi connectivity index (χ0n) is 11.8. The van der Waals surface area contributed by atoms with E-state index in [-0.39, 0.29) is 0 Å². The van der Waals surface area contributed by atoms with E-state index in [4.69, 9.17) is 0 Å². The van der Waals surface area contributed by atoms with Gasteiger partial charge in [0, 0.05) is 13.1 Å². The fraction of sp³-hybridized carbons (Fsp3) is 0.467. The van der Waals surface area contributed by atoms with Crippen molar-refractivity contribution in [2.45, 2.75) is 32.1 Å². The van der Waals surface area contributed by atoms with Gasteiger partial charge in [-0.1, -0.05) is 43.2 Å². The molecule has 0 aliphatic carbocycles. The highest BCUT2D eigenvalue weighted by Crippen LogP contribution is 2.23. The van der Waals surface area contributed by atoms with Crippen molar-refractivity contribution in [3.05, 3.63) is 41.5 Å². The van der Waals surface area contributed by atoms with Crippen molar-refractivity contribution in [3.8, 4) is 0 Å². The van der Waals surface area contributed by atoms with E-state index in [9.17, 15) is 8.42 Å². The summed E-state index contributed by atoms with van der Waals surface area (Å²) < 4.78 is 26.5. The molecule has 0 saturated heterocycles. The lowest BCUT2D eigenvalue weighted by molar-refractivity contribution is 0.421. The van der Waals surface area contributed by atoms with E-state index < -0.39 is 10.0 Å². The normalized spacial score (nSPS) is 17.6. The number of hydrogen-bond acceptors (Lipinski definition) is 2. The molecule has 0 radical (unpaired) electrons. The molecule has 0 saturated carbocycles. The fourth-order valence-electron chi connectivity index (χ4n) is 2.27. The topological polar surface area (TPSA) is 37.4 Å². The molecule has 0 bridgehead atoms. The van der Waals surface area contributed by atoms with Crippen LogP contribution >= 0.6 is 0 Å². The second-order valence-electron chi connectivity index (χ2n) is 5.36. The first kappa shape index (κ1) is 14.3. The largest absolute Gasteiger partial charge is 0.243 e. The van der Waals surface area contributed by atoms with Gasteiger partial charge in [0.25, 0.3) is 0 Å². The molecule has 2 rings (SSSR count). The predicted molar refractivity (Wildman–Crippen MR) is 77.5 cm³/mol. The zero-order chi connectivity index (χ0) is 14.0. The maximum atomic E-state index is 12.5. The number of sulfonamides is 1. The molecule has 4 heteroatoms. The Balaban J connectivity index is 2.21. The minimum Gasteiger partial charge on any atom is -0.207 e. The Bertz CT molecular complexity index is 571. The summed E-state index contributed by atoms with van der Waals surface area (Å²) in [4.78, 5) is 0.388. The summed E-state index contributed by atoms with van der Waals surface area (Å²) in [5.41, 5.74) is 2.43. The smallest absolute Gasteiger partial charge is 0.207 e. The van der Waals surface area contributed by atoms with Crippen LogP contribution in [0.15, 0.2) is 40.8 Å². The molecular formula is C15H21NO2S. The van der Waals surface area contributed by atoms with Gasteiger partial charge in [0.1, 0.15) is 0 Å². The Morgan fingerprint density at radius 1 is 1.16 bits per heavy atom. The van der Waals surface area contributed by atoms with Crippen molar-refractivity contribution < 1.29 is 8.42 Å². The van der Waals surface area contributed by atoms with E-state index in [0.29, 0.717) is 23.9 Å². The molecule has 0 atom stereocenters. The van der Waals surface area contributed by atoms with Gasteiger partial charge in [-0.05, 0) is 31.4 Å². The van der Waals surface area contributed by atoms with Crippen molar-refractivity contribution in [1.29, 1.82) is 0 Å². The van der Waals surface area contributed by atoms with Gasteiger partial charge in [0.2, 0.25) is 10.0 Å². The van der Waals surface area contributed by atoms with Crippen LogP contribution in [-0.4, -0.2) is 25.8 Å². The first-order valence-corrected chi connectivity index (χ1v) is 8.11. The molecule has 1 aromatic rings. The molecule has 104 valence electrons. The second-order valence-corrected chi connectivity index (χ2v) is 7.30. The standard InChI is InChI=1S/C15H21NO2S/c1-12(2)14-8-10-16(11-9-14)19(17,18)15-6-4-13(3)5-7-15/h4-8,12H,9-11H2,1-3H3. The van der Waals surface area contributed by atoms with E-state index in [1.165, 1.54) is 5.57 Å². The highest BCUT2D eigenvalue weighted by molar-refractivity contribution is 7.89. The highest BCUT2D eigenvalue weighted by atomic mass is 32.2. The molecule has 19 heavy (non-hydrogen) atoms. The quantitative estimate of drug-likeness (QED) is 0.798. The maximum Gasteiger partial charge on any atom is 0.243 e. The Morgan fingerprint density at radius 3 is 2.26 bits per heavy atom. The number of hydrogen-bond donors (Lipinski definition) is 0. The Kier molecular flexibility index (Phi) is 4.11. The van der Waals surface area contributed by atoms with Gasteiger partial charge in [-0.3, -0.25) is 0 Å². The third kappa shape index (κ3) is 3.07. The number of rotatable bonds is 3. The number of nitrogens with zero attached hydrogens (tertiary/aromatic N) is 1. The van der Waals surface area contributed by atoms with Crippen molar-refractivity contribution in [2.75, 3.05) is 13.1 Å². The Morgan fingerprint density at radius 2 is 1.79 bits per heavy atom. The molecular weight excluding hydrogens is 258 g/mol. The molecule has 1 aliphatic rings. The van der Waals surface area contributed by atoms with Crippen LogP contribution in [0.3, 0.4) is 0 Å². The van der Waals surface area contributed by atoms with Crippen LogP contribution in [0, 0.1) is 12.8 Å². The monoisotopic (exact) mass is 279 g/mol. The minimum absolute atomic E-state index is 0.388. The average molecular weight is 279 g/mol. The Labute approximate surface area is 116 Å². The summed E-state index contributed by atoms with van der Waals surface area (Å²) >= 11 is 0. The summed E-state index contributed by atoms with van der Waals surface area (Å²) in [6.07, 6.45) is 2.89. The first-order valence-electron chi connectivity index (χ1n) is 6.67. The lowest BCUT2D eigenvalue weighted by atomic mass is 9.98. The maximum absolute atomic E-state index is 12.5. The molecule has 0 spiro atoms. The van der Waals surface area contributed by atoms with E-state index >= 15 is 0 Å². The van der Waals surface area contributed by atoms with Crippen LogP contribution in [0.25, 0.3) is 0 Å². The lowest BCUT2D eigenvalue weighted by Gasteiger charge is -2.27. The fourth-order valence-corrected chi connectivity index (χ4v) is 3.65. The average Bonchev–Trinajstić information content (AvgIpc) is 2.39. The molecule has 0 fully saturated rings. The van der Waals surface area contributed by atoms with Gasteiger partial charge in [0.05, 0.1) is 4.90 Å². The molecule has 1 aliphatic heterocycles. The van der Waals surface area contributed by atoms with Crippen molar-refractivity contribution in [2.24, 2.45) is 5.92 Å². The summed E-state index contributed by atoms with van der Waals surface area (Å²) in [6.45, 7) is 7.32. The molecule has 1 heterocycles. The van der Waals surface area contributed by atoms with Crippen LogP contribution in [0.4, 0.5) is 0 Å². The zero-order valence-corrected chi connectivity index (χ0v) is 12.6. The van der Waals surface area contributed by atoms with Crippen molar-refractivity contribution in [1.82, 2.24) is 4.31 Å². The second kappa shape index (κ2) is 5.47. The van der Waals surface area contributed by atoms with E-state index in [1.54, 1.807) is 16.4 Å². The van der Waals surface area contributed by atoms with Crippen LogP contribution in [0.5, 0.6) is 0 Å². The van der Waals surface area contributed by atoms with E-state index in [0.717, 1.165) is 12.0 Å². The molecule has 0 N–H and O–H groups in total. The van der Waals surface area contributed by atoms with Gasteiger partial charge in [-0.2, -0.15) is 4.31 Å². The van der Waals surface area contributed by atoms with E-state index in [2.05, 4.69) is 19.9 Å². The predicted octanol–water partition coefficient (Wildman–Crippen LogP) is 2.97. The molecule has 0 amide bonds. The van der Waals surface area contributed by atoms with Crippen molar-refractivity contribution >= 4 is 10.0 Å². The summed E-state index contributed by atoms with van der Waals surface area (Å²) in [6, 6.07) is 7.05. The molecule has 0 unspecified atom stereocenters. The molecule has 0 aromatic heterocycles. The van der Waals surface area contributed by atoms with Gasteiger partial charge in [0.15, 0.2) is 0 Å². The van der Waals surface area contributed by atoms with Crippen molar-refractivity contribution in [3.63, 3.8) is 0 Å². The Hall–Kier alpha value is -1.13. The summed E-state index contributed by atoms with van der Waals surface area (Å²) in [5, 5.41) is 0. The van der Waals surface area contributed by atoms with Gasteiger partial charge in [-0.25, -0.2) is 8.42 Å². The van der Waals surface area contributed by atoms with Crippen LogP contribution < -0.4 is 0 Å². The van der Waals surface area contributed by atoms with Crippen LogP contribution in [0.2, 0.25) is 0 Å². The lowest BCUT2D eigenvalue weighted by Crippen LogP contribution is -2.35. The van der Waals surface area contributed by atoms with Crippen LogP contribution in [-0.2, 0) is 10.0 Å². The molecule has 3 nitrogen and oxygen atoms in total. The van der Waals surface area contributed by atoms with Gasteiger partial charge < -0.3 is 0 Å². The van der Waals surface area contributed by atoms with Crippen LogP contribution in [0.1, 0.15) is 25.8 Å². The minimum atomic E-state index is -3.34.